The van der Waals surface area contributed by atoms with Gasteiger partial charge in [-0.15, -0.1) is 11.3 Å². The lowest BCUT2D eigenvalue weighted by molar-refractivity contribution is -0.118. The molecular weight excluding hydrogens is 338 g/mol. The highest BCUT2D eigenvalue weighted by Gasteiger charge is 2.25. The van der Waals surface area contributed by atoms with Crippen molar-refractivity contribution in [2.75, 3.05) is 18.5 Å². The third kappa shape index (κ3) is 5.58. The maximum Gasteiger partial charge on any atom is 0.262 e. The lowest BCUT2D eigenvalue weighted by Gasteiger charge is -2.21. The molecule has 2 amide bonds. The summed E-state index contributed by atoms with van der Waals surface area (Å²) < 4.78 is 5.40. The third-order valence-electron chi connectivity index (χ3n) is 3.49. The summed E-state index contributed by atoms with van der Waals surface area (Å²) >= 11 is 1.34. The van der Waals surface area contributed by atoms with Crippen LogP contribution in [0.5, 0.6) is 5.75 Å². The van der Waals surface area contributed by atoms with Crippen molar-refractivity contribution >= 4 is 28.8 Å². The molecule has 2 aromatic rings. The molecule has 1 atom stereocenters. The van der Waals surface area contributed by atoms with E-state index in [0.717, 1.165) is 0 Å². The molecule has 7 heteroatoms. The molecule has 0 saturated heterocycles. The molecule has 0 saturated carbocycles. The number of anilines is 1. The Morgan fingerprint density at radius 3 is 2.48 bits per heavy atom. The van der Waals surface area contributed by atoms with Crippen LogP contribution in [0.2, 0.25) is 0 Å². The Labute approximate surface area is 151 Å². The minimum absolute atomic E-state index is 0.0453. The number of nitrogens with one attached hydrogen (secondary N) is 2. The molecule has 0 bridgehead atoms. The van der Waals surface area contributed by atoms with Crippen LogP contribution >= 0.6 is 11.3 Å². The van der Waals surface area contributed by atoms with Gasteiger partial charge < -0.3 is 21.1 Å². The summed E-state index contributed by atoms with van der Waals surface area (Å²) in [4.78, 5) is 25.3. The van der Waals surface area contributed by atoms with Crippen LogP contribution in [0.4, 0.5) is 5.69 Å². The summed E-state index contributed by atoms with van der Waals surface area (Å²) in [5.41, 5.74) is 6.03. The molecule has 1 aromatic carbocycles. The summed E-state index contributed by atoms with van der Waals surface area (Å²) in [6.07, 6.45) is 0. The molecule has 6 nitrogen and oxygen atoms in total. The highest BCUT2D eigenvalue weighted by atomic mass is 32.1. The average molecular weight is 361 g/mol. The normalized spacial score (nSPS) is 11.8. The van der Waals surface area contributed by atoms with E-state index in [1.165, 1.54) is 11.3 Å². The molecular formula is C18H23N3O3S. The average Bonchev–Trinajstić information content (AvgIpc) is 3.13. The van der Waals surface area contributed by atoms with Crippen molar-refractivity contribution in [1.82, 2.24) is 5.32 Å². The summed E-state index contributed by atoms with van der Waals surface area (Å²) in [6.45, 7) is 4.67. The van der Waals surface area contributed by atoms with Gasteiger partial charge in [-0.25, -0.2) is 0 Å². The Balaban J connectivity index is 1.99. The predicted molar refractivity (Wildman–Crippen MR) is 100 cm³/mol. The van der Waals surface area contributed by atoms with Crippen molar-refractivity contribution < 1.29 is 14.3 Å². The van der Waals surface area contributed by atoms with Gasteiger partial charge in [0.1, 0.15) is 18.4 Å². The Hall–Kier alpha value is -2.38. The molecule has 4 N–H and O–H groups in total. The van der Waals surface area contributed by atoms with E-state index in [-0.39, 0.29) is 17.7 Å². The van der Waals surface area contributed by atoms with Gasteiger partial charge in [0.25, 0.3) is 5.91 Å². The molecule has 0 aliphatic rings. The molecule has 134 valence electrons. The monoisotopic (exact) mass is 361 g/mol. The number of amides is 2. The van der Waals surface area contributed by atoms with Crippen molar-refractivity contribution in [1.29, 1.82) is 0 Å². The van der Waals surface area contributed by atoms with Crippen LogP contribution in [0, 0.1) is 5.92 Å². The van der Waals surface area contributed by atoms with E-state index in [2.05, 4.69) is 10.6 Å². The molecule has 0 radical (unpaired) electrons. The SMILES string of the molecule is CC(C)C(NC(=O)c1cccs1)C(=O)Nc1ccc(OCCN)cc1. The second-order valence-corrected chi connectivity index (χ2v) is 6.77. The van der Waals surface area contributed by atoms with E-state index >= 15 is 0 Å². The number of hydrogen-bond donors (Lipinski definition) is 3. The minimum Gasteiger partial charge on any atom is -0.492 e. The van der Waals surface area contributed by atoms with Crippen molar-refractivity contribution in [3.8, 4) is 5.75 Å². The highest BCUT2D eigenvalue weighted by molar-refractivity contribution is 7.12. The van der Waals surface area contributed by atoms with E-state index in [1.807, 2.05) is 19.2 Å². The Bertz CT molecular complexity index is 684. The fraction of sp³-hybridized carbons (Fsp3) is 0.333. The second-order valence-electron chi connectivity index (χ2n) is 5.82. The van der Waals surface area contributed by atoms with Gasteiger partial charge in [-0.2, -0.15) is 0 Å². The van der Waals surface area contributed by atoms with Crippen LogP contribution in [-0.4, -0.2) is 31.0 Å². The summed E-state index contributed by atoms with van der Waals surface area (Å²) in [6, 6.07) is 9.94. The topological polar surface area (TPSA) is 93.5 Å². The molecule has 2 rings (SSSR count). The quantitative estimate of drug-likeness (QED) is 0.673. The molecule has 0 spiro atoms. The molecule has 25 heavy (non-hydrogen) atoms. The zero-order valence-corrected chi connectivity index (χ0v) is 15.1. The number of ether oxygens (including phenoxy) is 1. The molecule has 0 fully saturated rings. The largest absolute Gasteiger partial charge is 0.492 e. The maximum absolute atomic E-state index is 12.5. The zero-order chi connectivity index (χ0) is 18.2. The smallest absolute Gasteiger partial charge is 0.262 e. The molecule has 1 heterocycles. The Morgan fingerprint density at radius 1 is 1.20 bits per heavy atom. The minimum atomic E-state index is -0.622. The van der Waals surface area contributed by atoms with E-state index < -0.39 is 6.04 Å². The van der Waals surface area contributed by atoms with Crippen molar-refractivity contribution in [2.45, 2.75) is 19.9 Å². The van der Waals surface area contributed by atoms with Crippen LogP contribution in [0.15, 0.2) is 41.8 Å². The van der Waals surface area contributed by atoms with Gasteiger partial charge >= 0.3 is 0 Å². The van der Waals surface area contributed by atoms with Crippen LogP contribution in [0.1, 0.15) is 23.5 Å². The van der Waals surface area contributed by atoms with Gasteiger partial charge in [-0.3, -0.25) is 9.59 Å². The lowest BCUT2D eigenvalue weighted by Crippen LogP contribution is -2.46. The summed E-state index contributed by atoms with van der Waals surface area (Å²) in [7, 11) is 0. The fourth-order valence-electron chi connectivity index (χ4n) is 2.19. The van der Waals surface area contributed by atoms with Gasteiger partial charge in [-0.05, 0) is 41.6 Å². The van der Waals surface area contributed by atoms with Gasteiger partial charge in [-0.1, -0.05) is 19.9 Å². The Kier molecular flexibility index (Phi) is 6.97. The van der Waals surface area contributed by atoms with E-state index in [9.17, 15) is 9.59 Å². The first-order valence-corrected chi connectivity index (χ1v) is 8.97. The predicted octanol–water partition coefficient (Wildman–Crippen LogP) is 2.48. The number of carbonyl (C=O) groups excluding carboxylic acids is 2. The standard InChI is InChI=1S/C18H23N3O3S/c1-12(2)16(21-17(22)15-4-3-11-25-15)18(23)20-13-5-7-14(8-6-13)24-10-9-19/h3-8,11-12,16H,9-10,19H2,1-2H3,(H,20,23)(H,21,22). The van der Waals surface area contributed by atoms with Gasteiger partial charge in [0.2, 0.25) is 5.91 Å². The molecule has 0 aliphatic heterocycles. The summed E-state index contributed by atoms with van der Waals surface area (Å²) in [5, 5.41) is 7.45. The first-order chi connectivity index (χ1) is 12.0. The van der Waals surface area contributed by atoms with E-state index in [0.29, 0.717) is 29.5 Å². The number of hydrogen-bond acceptors (Lipinski definition) is 5. The summed E-state index contributed by atoms with van der Waals surface area (Å²) in [5.74, 6) is 0.149. The first-order valence-electron chi connectivity index (χ1n) is 8.09. The number of carbonyl (C=O) groups is 2. The second kappa shape index (κ2) is 9.19. The highest BCUT2D eigenvalue weighted by Crippen LogP contribution is 2.17. The van der Waals surface area contributed by atoms with E-state index in [1.54, 1.807) is 36.4 Å². The number of benzene rings is 1. The number of nitrogens with two attached hydrogens (primary N) is 1. The van der Waals surface area contributed by atoms with Crippen LogP contribution in [0.25, 0.3) is 0 Å². The molecule has 1 aromatic heterocycles. The maximum atomic E-state index is 12.5. The fourth-order valence-corrected chi connectivity index (χ4v) is 2.81. The van der Waals surface area contributed by atoms with Gasteiger partial charge in [0.05, 0.1) is 4.88 Å². The molecule has 1 unspecified atom stereocenters. The number of rotatable bonds is 8. The van der Waals surface area contributed by atoms with Crippen LogP contribution in [-0.2, 0) is 4.79 Å². The Morgan fingerprint density at radius 2 is 1.92 bits per heavy atom. The first kappa shape index (κ1) is 19.0. The van der Waals surface area contributed by atoms with E-state index in [4.69, 9.17) is 10.5 Å². The molecule has 0 aliphatic carbocycles. The van der Waals surface area contributed by atoms with Gasteiger partial charge in [0, 0.05) is 12.2 Å². The third-order valence-corrected chi connectivity index (χ3v) is 4.36. The van der Waals surface area contributed by atoms with Crippen molar-refractivity contribution in [2.24, 2.45) is 11.7 Å². The lowest BCUT2D eigenvalue weighted by atomic mass is 10.0. The zero-order valence-electron chi connectivity index (χ0n) is 14.3. The van der Waals surface area contributed by atoms with Gasteiger partial charge in [0.15, 0.2) is 0 Å². The van der Waals surface area contributed by atoms with Crippen LogP contribution in [0.3, 0.4) is 0 Å². The van der Waals surface area contributed by atoms with Crippen molar-refractivity contribution in [3.63, 3.8) is 0 Å². The van der Waals surface area contributed by atoms with Crippen LogP contribution < -0.4 is 21.1 Å². The number of thiophene rings is 1. The van der Waals surface area contributed by atoms with Crippen molar-refractivity contribution in [3.05, 3.63) is 46.7 Å².